The predicted molar refractivity (Wildman–Crippen MR) is 69.4 cm³/mol. The van der Waals surface area contributed by atoms with E-state index in [1.54, 1.807) is 7.11 Å². The smallest absolute Gasteiger partial charge is 0.186 e. The zero-order valence-corrected chi connectivity index (χ0v) is 11.5. The van der Waals surface area contributed by atoms with Crippen molar-refractivity contribution < 1.29 is 9.47 Å². The fraction of sp³-hybridized carbons (Fsp3) is 0.929. The third-order valence-corrected chi connectivity index (χ3v) is 4.18. The minimum absolute atomic E-state index is 0.0339. The Balaban J connectivity index is 2.10. The summed E-state index contributed by atoms with van der Waals surface area (Å²) in [5.41, 5.74) is 0.0339. The predicted octanol–water partition coefficient (Wildman–Crippen LogP) is 3.04. The van der Waals surface area contributed by atoms with Crippen molar-refractivity contribution in [1.29, 1.82) is 0 Å². The van der Waals surface area contributed by atoms with Crippen LogP contribution >= 0.6 is 0 Å². The molecule has 0 unspecified atom stereocenters. The maximum atomic E-state index is 6.07. The van der Waals surface area contributed by atoms with Crippen LogP contribution in [0, 0.1) is 11.8 Å². The molecule has 17 heavy (non-hydrogen) atoms. The van der Waals surface area contributed by atoms with E-state index in [0.717, 1.165) is 18.2 Å². The number of ether oxygens (including phenoxy) is 2. The van der Waals surface area contributed by atoms with Crippen LogP contribution in [0.1, 0.15) is 46.5 Å². The van der Waals surface area contributed by atoms with Crippen molar-refractivity contribution >= 4 is 5.90 Å². The lowest BCUT2D eigenvalue weighted by molar-refractivity contribution is 0.00427. The first-order valence-electron chi connectivity index (χ1n) is 6.77. The van der Waals surface area contributed by atoms with Crippen molar-refractivity contribution in [3.05, 3.63) is 0 Å². The van der Waals surface area contributed by atoms with Crippen molar-refractivity contribution in [1.82, 2.24) is 0 Å². The average Bonchev–Trinajstić information content (AvgIpc) is 2.24. The number of rotatable bonds is 3. The van der Waals surface area contributed by atoms with Gasteiger partial charge in [0.2, 0.25) is 0 Å². The van der Waals surface area contributed by atoms with Crippen molar-refractivity contribution in [2.45, 2.75) is 58.1 Å². The molecule has 0 amide bonds. The SMILES string of the molecule is COCCC1=NC(C)(C)[C@@H]2CC[C@@H](C)C[C@H]2O1. The van der Waals surface area contributed by atoms with Crippen molar-refractivity contribution in [2.75, 3.05) is 13.7 Å². The molecule has 2 rings (SSSR count). The van der Waals surface area contributed by atoms with Gasteiger partial charge in [0.1, 0.15) is 6.10 Å². The number of nitrogens with zero attached hydrogens (tertiary/aromatic N) is 1. The highest BCUT2D eigenvalue weighted by atomic mass is 16.5. The lowest BCUT2D eigenvalue weighted by Crippen LogP contribution is -2.48. The molecule has 1 saturated carbocycles. The summed E-state index contributed by atoms with van der Waals surface area (Å²) in [6, 6.07) is 0. The molecule has 3 nitrogen and oxygen atoms in total. The van der Waals surface area contributed by atoms with E-state index in [-0.39, 0.29) is 5.54 Å². The van der Waals surface area contributed by atoms with E-state index in [2.05, 4.69) is 20.8 Å². The number of aliphatic imine (C=N–C) groups is 1. The number of fused-ring (bicyclic) bond motifs is 1. The van der Waals surface area contributed by atoms with Gasteiger partial charge in [-0.2, -0.15) is 0 Å². The number of hydrogen-bond acceptors (Lipinski definition) is 3. The Morgan fingerprint density at radius 1 is 1.41 bits per heavy atom. The standard InChI is InChI=1S/C14H25NO2/c1-10-5-6-11-12(9-10)17-13(7-8-16-4)15-14(11,2)3/h10-12H,5-9H2,1-4H3/t10-,11-,12-/m1/s1. The second-order valence-electron chi connectivity index (χ2n) is 6.08. The number of methoxy groups -OCH3 is 1. The Kier molecular flexibility index (Phi) is 3.76. The fourth-order valence-corrected chi connectivity index (χ4v) is 3.18. The summed E-state index contributed by atoms with van der Waals surface area (Å²) in [4.78, 5) is 4.78. The van der Waals surface area contributed by atoms with Crippen LogP contribution in [0.5, 0.6) is 0 Å². The van der Waals surface area contributed by atoms with Crippen LogP contribution in [0.25, 0.3) is 0 Å². The molecule has 0 aromatic rings. The zero-order valence-electron chi connectivity index (χ0n) is 11.5. The quantitative estimate of drug-likeness (QED) is 0.758. The lowest BCUT2D eigenvalue weighted by Gasteiger charge is -2.45. The minimum atomic E-state index is 0.0339. The highest BCUT2D eigenvalue weighted by molar-refractivity contribution is 5.77. The summed E-state index contributed by atoms with van der Waals surface area (Å²) in [5, 5.41) is 0. The Hall–Kier alpha value is -0.570. The van der Waals surface area contributed by atoms with Crippen LogP contribution in [0.15, 0.2) is 4.99 Å². The molecule has 1 aliphatic heterocycles. The third-order valence-electron chi connectivity index (χ3n) is 4.18. The van der Waals surface area contributed by atoms with Gasteiger partial charge in [-0.05, 0) is 32.6 Å². The lowest BCUT2D eigenvalue weighted by atomic mass is 9.71. The topological polar surface area (TPSA) is 30.8 Å². The van der Waals surface area contributed by atoms with Gasteiger partial charge in [0.05, 0.1) is 12.1 Å². The molecule has 1 heterocycles. The van der Waals surface area contributed by atoms with Gasteiger partial charge in [-0.1, -0.05) is 13.3 Å². The second-order valence-corrected chi connectivity index (χ2v) is 6.08. The Morgan fingerprint density at radius 3 is 2.88 bits per heavy atom. The van der Waals surface area contributed by atoms with Crippen molar-refractivity contribution in [3.8, 4) is 0 Å². The van der Waals surface area contributed by atoms with E-state index < -0.39 is 0 Å². The molecule has 1 fully saturated rings. The molecule has 0 spiro atoms. The average molecular weight is 239 g/mol. The Labute approximate surface area is 105 Å². The second kappa shape index (κ2) is 4.97. The molecule has 98 valence electrons. The first kappa shape index (κ1) is 12.9. The molecule has 0 N–H and O–H groups in total. The van der Waals surface area contributed by atoms with Gasteiger partial charge in [0, 0.05) is 19.4 Å². The number of hydrogen-bond donors (Lipinski definition) is 0. The molecule has 2 aliphatic rings. The summed E-state index contributed by atoms with van der Waals surface area (Å²) in [7, 11) is 1.72. The molecular weight excluding hydrogens is 214 g/mol. The molecule has 0 radical (unpaired) electrons. The molecular formula is C14H25NO2. The van der Waals surface area contributed by atoms with Gasteiger partial charge in [0.15, 0.2) is 5.90 Å². The minimum Gasteiger partial charge on any atom is -0.477 e. The molecule has 0 aromatic heterocycles. The van der Waals surface area contributed by atoms with E-state index in [0.29, 0.717) is 18.6 Å². The van der Waals surface area contributed by atoms with Crippen LogP contribution in [0.3, 0.4) is 0 Å². The highest BCUT2D eigenvalue weighted by Crippen LogP contribution is 2.41. The Morgan fingerprint density at radius 2 is 2.18 bits per heavy atom. The van der Waals surface area contributed by atoms with Gasteiger partial charge >= 0.3 is 0 Å². The van der Waals surface area contributed by atoms with Crippen LogP contribution in [0.2, 0.25) is 0 Å². The van der Waals surface area contributed by atoms with E-state index in [1.807, 2.05) is 0 Å². The molecule has 1 aliphatic carbocycles. The summed E-state index contributed by atoms with van der Waals surface area (Å²) in [6.45, 7) is 7.51. The van der Waals surface area contributed by atoms with Gasteiger partial charge in [0.25, 0.3) is 0 Å². The summed E-state index contributed by atoms with van der Waals surface area (Å²) in [5.74, 6) is 2.27. The summed E-state index contributed by atoms with van der Waals surface area (Å²) >= 11 is 0. The van der Waals surface area contributed by atoms with Gasteiger partial charge in [-0.3, -0.25) is 0 Å². The third kappa shape index (κ3) is 2.82. The van der Waals surface area contributed by atoms with Crippen LogP contribution in [0.4, 0.5) is 0 Å². The van der Waals surface area contributed by atoms with Gasteiger partial charge in [-0.15, -0.1) is 0 Å². The molecule has 3 heteroatoms. The molecule has 0 bridgehead atoms. The molecule has 0 aromatic carbocycles. The monoisotopic (exact) mass is 239 g/mol. The maximum Gasteiger partial charge on any atom is 0.186 e. The Bertz CT molecular complexity index is 299. The normalized spacial score (nSPS) is 35.8. The summed E-state index contributed by atoms with van der Waals surface area (Å²) < 4.78 is 11.2. The van der Waals surface area contributed by atoms with Crippen LogP contribution < -0.4 is 0 Å². The first-order chi connectivity index (χ1) is 8.03. The zero-order chi connectivity index (χ0) is 12.5. The highest BCUT2D eigenvalue weighted by Gasteiger charge is 2.43. The van der Waals surface area contributed by atoms with Gasteiger partial charge in [-0.25, -0.2) is 4.99 Å². The van der Waals surface area contributed by atoms with E-state index in [9.17, 15) is 0 Å². The maximum absolute atomic E-state index is 6.07. The van der Waals surface area contributed by atoms with Crippen molar-refractivity contribution in [2.24, 2.45) is 16.8 Å². The summed E-state index contributed by atoms with van der Waals surface area (Å²) in [6.07, 6.45) is 4.92. The largest absolute Gasteiger partial charge is 0.477 e. The molecule has 0 saturated heterocycles. The van der Waals surface area contributed by atoms with E-state index in [4.69, 9.17) is 14.5 Å². The van der Waals surface area contributed by atoms with E-state index >= 15 is 0 Å². The van der Waals surface area contributed by atoms with E-state index in [1.165, 1.54) is 19.3 Å². The van der Waals surface area contributed by atoms with Gasteiger partial charge < -0.3 is 9.47 Å². The van der Waals surface area contributed by atoms with Crippen LogP contribution in [-0.4, -0.2) is 31.3 Å². The first-order valence-corrected chi connectivity index (χ1v) is 6.77. The van der Waals surface area contributed by atoms with Crippen LogP contribution in [-0.2, 0) is 9.47 Å². The fourth-order valence-electron chi connectivity index (χ4n) is 3.18. The van der Waals surface area contributed by atoms with Crippen molar-refractivity contribution in [3.63, 3.8) is 0 Å². The molecule has 3 atom stereocenters.